The monoisotopic (exact) mass is 405 g/mol. The zero-order valence-electron chi connectivity index (χ0n) is 10.1. The molecule has 1 radical (unpaired) electrons. The minimum absolute atomic E-state index is 0. The molecule has 0 aliphatic carbocycles. The predicted molar refractivity (Wildman–Crippen MR) is 67.8 cm³/mol. The summed E-state index contributed by atoms with van der Waals surface area (Å²) in [5.74, 6) is 0. The van der Waals surface area contributed by atoms with Crippen molar-refractivity contribution in [2.24, 2.45) is 7.05 Å². The first kappa shape index (κ1) is 13.8. The Bertz CT molecular complexity index is 527. The van der Waals surface area contributed by atoms with Crippen molar-refractivity contribution >= 4 is 5.70 Å². The minimum atomic E-state index is 0. The predicted octanol–water partition coefficient (Wildman–Crippen LogP) is 3.20. The van der Waals surface area contributed by atoms with Crippen molar-refractivity contribution in [1.82, 2.24) is 9.13 Å². The maximum atomic E-state index is 4.06. The quantitative estimate of drug-likeness (QED) is 0.681. The zero-order valence-corrected chi connectivity index (χ0v) is 12.4. The van der Waals surface area contributed by atoms with Crippen molar-refractivity contribution < 1.29 is 20.1 Å². The average molecular weight is 405 g/mol. The number of nitrogens with zero attached hydrogens (tertiary/aromatic N) is 2. The molecule has 17 heavy (non-hydrogen) atoms. The molecular weight excluding hydrogens is 388 g/mol. The van der Waals surface area contributed by atoms with Crippen LogP contribution in [0.2, 0.25) is 0 Å². The minimum Gasteiger partial charge on any atom is -0.255 e. The second-order valence-electron chi connectivity index (χ2n) is 3.82. The van der Waals surface area contributed by atoms with E-state index in [0.29, 0.717) is 0 Å². The van der Waals surface area contributed by atoms with Crippen LogP contribution in [0, 0.1) is 6.92 Å². The van der Waals surface area contributed by atoms with Crippen LogP contribution in [0.4, 0.5) is 0 Å². The van der Waals surface area contributed by atoms with Crippen LogP contribution in [0.15, 0.2) is 49.1 Å². The summed E-state index contributed by atoms with van der Waals surface area (Å²) >= 11 is 0. The number of imidazole rings is 1. The maximum Gasteiger partial charge on any atom is 0.164 e. The Morgan fingerprint density at radius 1 is 1.29 bits per heavy atom. The molecule has 0 aliphatic rings. The number of rotatable bonds is 2. The summed E-state index contributed by atoms with van der Waals surface area (Å²) in [4.78, 5) is 0. The normalized spacial score (nSPS) is 11.1. The molecule has 0 fully saturated rings. The zero-order chi connectivity index (χ0) is 11.5. The van der Waals surface area contributed by atoms with E-state index in [0.717, 1.165) is 11.3 Å². The Labute approximate surface area is 116 Å². The molecule has 0 amide bonds. The van der Waals surface area contributed by atoms with Gasteiger partial charge in [0.2, 0.25) is 0 Å². The fourth-order valence-corrected chi connectivity index (χ4v) is 1.81. The smallest absolute Gasteiger partial charge is 0.164 e. The SMILES string of the molecule is [CH2-]c1ccccc1/C(=C/C)n1ccn(C)[cH+]1.[Ir]. The van der Waals surface area contributed by atoms with Crippen LogP contribution in [-0.4, -0.2) is 9.13 Å². The first-order valence-corrected chi connectivity index (χ1v) is 5.33. The van der Waals surface area contributed by atoms with Gasteiger partial charge in [0.25, 0.3) is 0 Å². The van der Waals surface area contributed by atoms with E-state index in [-0.39, 0.29) is 20.1 Å². The summed E-state index contributed by atoms with van der Waals surface area (Å²) in [7, 11) is 2.01. The number of benzene rings is 1. The Hall–Kier alpha value is -1.31. The van der Waals surface area contributed by atoms with Gasteiger partial charge in [0.15, 0.2) is 6.33 Å². The Morgan fingerprint density at radius 3 is 2.53 bits per heavy atom. The third-order valence-corrected chi connectivity index (χ3v) is 2.61. The number of aromatic nitrogens is 2. The standard InChI is InChI=1S/C14H16N2.Ir/c1-4-14(16-10-9-15(3)11-16)13-8-6-5-7-12(13)2;/h4-11H,2H2,1,3H3;/b14-4-;. The van der Waals surface area contributed by atoms with Crippen LogP contribution < -0.4 is 0 Å². The van der Waals surface area contributed by atoms with Crippen LogP contribution in [0.5, 0.6) is 0 Å². The van der Waals surface area contributed by atoms with E-state index >= 15 is 0 Å². The van der Waals surface area contributed by atoms with E-state index < -0.39 is 0 Å². The Balaban J connectivity index is 0.00000144. The summed E-state index contributed by atoms with van der Waals surface area (Å²) < 4.78 is 4.12. The first-order chi connectivity index (χ1) is 7.72. The molecule has 0 spiro atoms. The molecule has 2 aromatic rings. The van der Waals surface area contributed by atoms with Gasteiger partial charge in [-0.25, -0.2) is 0 Å². The number of allylic oxidation sites excluding steroid dienone is 1. The molecule has 0 atom stereocenters. The molecule has 1 aromatic heterocycles. The molecule has 1 aromatic carbocycles. The molecule has 1 heterocycles. The molecule has 0 saturated heterocycles. The largest absolute Gasteiger partial charge is 0.255 e. The maximum absolute atomic E-state index is 4.06. The molecule has 2 nitrogen and oxygen atoms in total. The van der Waals surface area contributed by atoms with Crippen LogP contribution in [0.25, 0.3) is 5.70 Å². The summed E-state index contributed by atoms with van der Waals surface area (Å²) in [5.41, 5.74) is 3.37. The molecule has 0 unspecified atom stereocenters. The molecule has 3 heteroatoms. The molecule has 0 aliphatic heterocycles. The molecule has 91 valence electrons. The van der Waals surface area contributed by atoms with Gasteiger partial charge in [0.1, 0.15) is 12.4 Å². The third kappa shape index (κ3) is 2.87. The summed E-state index contributed by atoms with van der Waals surface area (Å²) in [6, 6.07) is 8.17. The summed E-state index contributed by atoms with van der Waals surface area (Å²) in [5, 5.41) is 0. The summed E-state index contributed by atoms with van der Waals surface area (Å²) in [6.07, 6.45) is 8.21. The van der Waals surface area contributed by atoms with Gasteiger partial charge < -0.3 is 0 Å². The molecule has 0 N–H and O–H groups in total. The van der Waals surface area contributed by atoms with Crippen molar-refractivity contribution in [3.8, 4) is 0 Å². The van der Waals surface area contributed by atoms with E-state index in [9.17, 15) is 0 Å². The third-order valence-electron chi connectivity index (χ3n) is 2.61. The van der Waals surface area contributed by atoms with E-state index in [1.807, 2.05) is 55.5 Å². The van der Waals surface area contributed by atoms with Crippen LogP contribution >= 0.6 is 0 Å². The second-order valence-corrected chi connectivity index (χ2v) is 3.82. The van der Waals surface area contributed by atoms with Crippen molar-refractivity contribution in [3.05, 3.63) is 67.1 Å². The fourth-order valence-electron chi connectivity index (χ4n) is 1.81. The molecule has 0 bridgehead atoms. The van der Waals surface area contributed by atoms with E-state index in [2.05, 4.69) is 23.6 Å². The van der Waals surface area contributed by atoms with Crippen LogP contribution in [0.3, 0.4) is 0 Å². The molecule has 2 rings (SSSR count). The number of aryl methyl sites for hydroxylation is 1. The van der Waals surface area contributed by atoms with Crippen molar-refractivity contribution in [3.63, 3.8) is 0 Å². The first-order valence-electron chi connectivity index (χ1n) is 5.33. The second kappa shape index (κ2) is 5.85. The topological polar surface area (TPSA) is 9.86 Å². The molecule has 0 saturated carbocycles. The average Bonchev–Trinajstić information content (AvgIpc) is 2.69. The Kier molecular flexibility index (Phi) is 4.73. The van der Waals surface area contributed by atoms with Crippen molar-refractivity contribution in [2.45, 2.75) is 6.92 Å². The fraction of sp³-hybridized carbons (Fsp3) is 0.143. The van der Waals surface area contributed by atoms with E-state index in [1.165, 1.54) is 5.56 Å². The van der Waals surface area contributed by atoms with Crippen molar-refractivity contribution in [1.29, 1.82) is 0 Å². The van der Waals surface area contributed by atoms with Gasteiger partial charge >= 0.3 is 0 Å². The Morgan fingerprint density at radius 2 is 2.00 bits per heavy atom. The number of hydrogen-bond donors (Lipinski definition) is 0. The van der Waals surface area contributed by atoms with Gasteiger partial charge in [-0.1, -0.05) is 17.7 Å². The number of hydrogen-bond acceptors (Lipinski definition) is 0. The van der Waals surface area contributed by atoms with Gasteiger partial charge in [0, 0.05) is 27.2 Å². The van der Waals surface area contributed by atoms with Crippen LogP contribution in [-0.2, 0) is 27.2 Å². The van der Waals surface area contributed by atoms with Gasteiger partial charge in [-0.3, -0.25) is 4.57 Å². The van der Waals surface area contributed by atoms with Gasteiger partial charge in [-0.15, -0.1) is 6.07 Å². The van der Waals surface area contributed by atoms with Gasteiger partial charge in [0.05, 0.1) is 5.70 Å². The van der Waals surface area contributed by atoms with Gasteiger partial charge in [-0.2, -0.15) is 23.1 Å². The van der Waals surface area contributed by atoms with E-state index in [4.69, 9.17) is 0 Å². The summed E-state index contributed by atoms with van der Waals surface area (Å²) in [6.45, 7) is 6.10. The van der Waals surface area contributed by atoms with Gasteiger partial charge in [-0.05, 0) is 13.0 Å². The van der Waals surface area contributed by atoms with E-state index in [1.54, 1.807) is 0 Å². The molecular formula is C14H16IrN2. The van der Waals surface area contributed by atoms with Crippen molar-refractivity contribution in [2.75, 3.05) is 0 Å². The van der Waals surface area contributed by atoms with Crippen LogP contribution in [0.1, 0.15) is 18.1 Å².